The van der Waals surface area contributed by atoms with Crippen molar-refractivity contribution >= 4 is 29.2 Å². The van der Waals surface area contributed by atoms with Gasteiger partial charge in [0.2, 0.25) is 0 Å². The third kappa shape index (κ3) is 3.37. The summed E-state index contributed by atoms with van der Waals surface area (Å²) in [6.07, 6.45) is 0. The molecule has 18 heavy (non-hydrogen) atoms. The number of amides is 1. The molecule has 0 radical (unpaired) electrons. The predicted octanol–water partition coefficient (Wildman–Crippen LogP) is 1.56. The van der Waals surface area contributed by atoms with E-state index < -0.39 is 5.97 Å². The molecule has 6 heteroatoms. The van der Waals surface area contributed by atoms with Crippen LogP contribution in [0.4, 0.5) is 5.69 Å². The van der Waals surface area contributed by atoms with Crippen LogP contribution in [0, 0.1) is 0 Å². The molecule has 0 atom stereocenters. The molecule has 0 unspecified atom stereocenters. The largest absolute Gasteiger partial charge is 0.468 e. The van der Waals surface area contributed by atoms with Gasteiger partial charge in [-0.05, 0) is 25.1 Å². The number of methoxy groups -OCH3 is 1. The van der Waals surface area contributed by atoms with E-state index in [4.69, 9.17) is 17.3 Å². The molecule has 0 aliphatic rings. The summed E-state index contributed by atoms with van der Waals surface area (Å²) in [5.74, 6) is -0.801. The molecule has 0 saturated heterocycles. The van der Waals surface area contributed by atoms with Crippen molar-refractivity contribution in [3.05, 3.63) is 28.8 Å². The lowest BCUT2D eigenvalue weighted by Gasteiger charge is -2.20. The first-order valence-corrected chi connectivity index (χ1v) is 5.78. The number of nitrogens with zero attached hydrogens (tertiary/aromatic N) is 1. The fourth-order valence-corrected chi connectivity index (χ4v) is 1.69. The number of anilines is 1. The number of benzene rings is 1. The van der Waals surface area contributed by atoms with Crippen LogP contribution in [-0.2, 0) is 9.53 Å². The Morgan fingerprint density at radius 2 is 2.11 bits per heavy atom. The third-order valence-electron chi connectivity index (χ3n) is 2.44. The Balaban J connectivity index is 2.93. The second-order valence-electron chi connectivity index (χ2n) is 3.63. The molecule has 0 aromatic heterocycles. The summed E-state index contributed by atoms with van der Waals surface area (Å²) in [7, 11) is 1.27. The summed E-state index contributed by atoms with van der Waals surface area (Å²) < 4.78 is 4.53. The molecule has 0 heterocycles. The minimum Gasteiger partial charge on any atom is -0.468 e. The van der Waals surface area contributed by atoms with Gasteiger partial charge in [0.25, 0.3) is 5.91 Å². The SMILES string of the molecule is CCN(CC(=O)OC)C(=O)c1ccc(N)cc1Cl. The first kappa shape index (κ1) is 14.3. The Morgan fingerprint density at radius 3 is 2.61 bits per heavy atom. The van der Waals surface area contributed by atoms with Crippen LogP contribution in [0.1, 0.15) is 17.3 Å². The molecule has 98 valence electrons. The standard InChI is InChI=1S/C12H15ClN2O3/c1-3-15(7-11(16)18-2)12(17)9-5-4-8(14)6-10(9)13/h4-6H,3,7,14H2,1-2H3. The van der Waals surface area contributed by atoms with E-state index >= 15 is 0 Å². The van der Waals surface area contributed by atoms with Gasteiger partial charge in [-0.1, -0.05) is 11.6 Å². The number of hydrogen-bond donors (Lipinski definition) is 1. The summed E-state index contributed by atoms with van der Waals surface area (Å²) in [5.41, 5.74) is 6.35. The number of esters is 1. The number of nitrogen functional groups attached to an aromatic ring is 1. The number of likely N-dealkylation sites (N-methyl/N-ethyl adjacent to an activating group) is 1. The van der Waals surface area contributed by atoms with E-state index in [2.05, 4.69) is 4.74 Å². The van der Waals surface area contributed by atoms with Crippen molar-refractivity contribution in [1.29, 1.82) is 0 Å². The zero-order valence-corrected chi connectivity index (χ0v) is 11.0. The highest BCUT2D eigenvalue weighted by Gasteiger charge is 2.19. The zero-order valence-electron chi connectivity index (χ0n) is 10.3. The highest BCUT2D eigenvalue weighted by atomic mass is 35.5. The maximum Gasteiger partial charge on any atom is 0.325 e. The summed E-state index contributed by atoms with van der Waals surface area (Å²) in [5, 5.41) is 0.267. The second kappa shape index (κ2) is 6.26. The third-order valence-corrected chi connectivity index (χ3v) is 2.75. The Kier molecular flexibility index (Phi) is 4.97. The van der Waals surface area contributed by atoms with Crippen molar-refractivity contribution in [3.8, 4) is 0 Å². The molecule has 0 fully saturated rings. The van der Waals surface area contributed by atoms with E-state index in [1.807, 2.05) is 0 Å². The summed E-state index contributed by atoms with van der Waals surface area (Å²) in [4.78, 5) is 24.7. The van der Waals surface area contributed by atoms with Crippen LogP contribution < -0.4 is 5.73 Å². The average Bonchev–Trinajstić information content (AvgIpc) is 2.34. The van der Waals surface area contributed by atoms with Crippen LogP contribution in [-0.4, -0.2) is 37.0 Å². The van der Waals surface area contributed by atoms with Crippen molar-refractivity contribution in [2.45, 2.75) is 6.92 Å². The van der Waals surface area contributed by atoms with E-state index in [-0.39, 0.29) is 17.5 Å². The van der Waals surface area contributed by atoms with Gasteiger partial charge in [-0.25, -0.2) is 0 Å². The fraction of sp³-hybridized carbons (Fsp3) is 0.333. The molecule has 0 spiro atoms. The lowest BCUT2D eigenvalue weighted by Crippen LogP contribution is -2.36. The number of nitrogens with two attached hydrogens (primary N) is 1. The first-order chi connectivity index (χ1) is 8.49. The van der Waals surface area contributed by atoms with Gasteiger partial charge in [0.15, 0.2) is 0 Å². The predicted molar refractivity (Wildman–Crippen MR) is 69.5 cm³/mol. The van der Waals surface area contributed by atoms with Crippen LogP contribution in [0.25, 0.3) is 0 Å². The minimum absolute atomic E-state index is 0.105. The van der Waals surface area contributed by atoms with Crippen LogP contribution >= 0.6 is 11.6 Å². The summed E-state index contributed by atoms with van der Waals surface area (Å²) in [6, 6.07) is 4.63. The molecule has 0 aliphatic heterocycles. The molecule has 1 aromatic rings. The van der Waals surface area contributed by atoms with E-state index in [1.54, 1.807) is 19.1 Å². The molecule has 1 amide bonds. The van der Waals surface area contributed by atoms with Crippen LogP contribution in [0.5, 0.6) is 0 Å². The molecule has 0 saturated carbocycles. The van der Waals surface area contributed by atoms with E-state index in [0.717, 1.165) is 0 Å². The Bertz CT molecular complexity index is 463. The minimum atomic E-state index is -0.475. The van der Waals surface area contributed by atoms with Crippen molar-refractivity contribution in [3.63, 3.8) is 0 Å². The Labute approximate surface area is 110 Å². The molecule has 1 aromatic carbocycles. The van der Waals surface area contributed by atoms with Gasteiger partial charge in [-0.15, -0.1) is 0 Å². The van der Waals surface area contributed by atoms with Crippen LogP contribution in [0.2, 0.25) is 5.02 Å². The van der Waals surface area contributed by atoms with Crippen molar-refractivity contribution in [2.75, 3.05) is 25.9 Å². The molecule has 2 N–H and O–H groups in total. The molecule has 0 bridgehead atoms. The van der Waals surface area contributed by atoms with E-state index in [0.29, 0.717) is 17.8 Å². The quantitative estimate of drug-likeness (QED) is 0.666. The van der Waals surface area contributed by atoms with Crippen LogP contribution in [0.15, 0.2) is 18.2 Å². The maximum atomic E-state index is 12.2. The number of carbonyl (C=O) groups is 2. The molecular formula is C12H15ClN2O3. The smallest absolute Gasteiger partial charge is 0.325 e. The van der Waals surface area contributed by atoms with Gasteiger partial charge in [0, 0.05) is 12.2 Å². The van der Waals surface area contributed by atoms with Gasteiger partial charge in [-0.3, -0.25) is 9.59 Å². The monoisotopic (exact) mass is 270 g/mol. The molecular weight excluding hydrogens is 256 g/mol. The van der Waals surface area contributed by atoms with Gasteiger partial charge < -0.3 is 15.4 Å². The Hall–Kier alpha value is -1.75. The summed E-state index contributed by atoms with van der Waals surface area (Å²) in [6.45, 7) is 2.05. The maximum absolute atomic E-state index is 12.2. The number of rotatable bonds is 4. The number of carbonyl (C=O) groups excluding carboxylic acids is 2. The zero-order chi connectivity index (χ0) is 13.7. The number of hydrogen-bond acceptors (Lipinski definition) is 4. The van der Waals surface area contributed by atoms with Gasteiger partial charge in [-0.2, -0.15) is 0 Å². The molecule has 5 nitrogen and oxygen atoms in total. The van der Waals surface area contributed by atoms with Crippen molar-refractivity contribution in [2.24, 2.45) is 0 Å². The van der Waals surface area contributed by atoms with Crippen molar-refractivity contribution in [1.82, 2.24) is 4.90 Å². The number of ether oxygens (including phenoxy) is 1. The van der Waals surface area contributed by atoms with E-state index in [9.17, 15) is 9.59 Å². The summed E-state index contributed by atoms with van der Waals surface area (Å²) >= 11 is 5.95. The lowest BCUT2D eigenvalue weighted by molar-refractivity contribution is -0.141. The topological polar surface area (TPSA) is 72.6 Å². The highest BCUT2D eigenvalue weighted by Crippen LogP contribution is 2.20. The van der Waals surface area contributed by atoms with E-state index in [1.165, 1.54) is 18.1 Å². The highest BCUT2D eigenvalue weighted by molar-refractivity contribution is 6.34. The molecule has 0 aliphatic carbocycles. The van der Waals surface area contributed by atoms with Crippen LogP contribution in [0.3, 0.4) is 0 Å². The van der Waals surface area contributed by atoms with Gasteiger partial charge in [0.1, 0.15) is 6.54 Å². The fourth-order valence-electron chi connectivity index (χ4n) is 1.42. The lowest BCUT2D eigenvalue weighted by atomic mass is 10.2. The van der Waals surface area contributed by atoms with Gasteiger partial charge >= 0.3 is 5.97 Å². The second-order valence-corrected chi connectivity index (χ2v) is 4.04. The first-order valence-electron chi connectivity index (χ1n) is 5.40. The normalized spacial score (nSPS) is 9.94. The molecule has 1 rings (SSSR count). The Morgan fingerprint density at radius 1 is 1.44 bits per heavy atom. The van der Waals surface area contributed by atoms with Gasteiger partial charge in [0.05, 0.1) is 17.7 Å². The average molecular weight is 271 g/mol. The van der Waals surface area contributed by atoms with Crippen molar-refractivity contribution < 1.29 is 14.3 Å². The number of halogens is 1.